The largest absolute Gasteiger partial charge is 0.416 e. The van der Waals surface area contributed by atoms with Crippen molar-refractivity contribution in [3.8, 4) is 0 Å². The van der Waals surface area contributed by atoms with Gasteiger partial charge in [0.05, 0.1) is 5.56 Å². The molecule has 1 saturated carbocycles. The second-order valence-corrected chi connectivity index (χ2v) is 5.22. The zero-order valence-corrected chi connectivity index (χ0v) is 9.53. The summed E-state index contributed by atoms with van der Waals surface area (Å²) < 4.78 is 51.2. The Bertz CT molecular complexity index is 464. The predicted molar refractivity (Wildman–Crippen MR) is 55.7 cm³/mol. The summed E-state index contributed by atoms with van der Waals surface area (Å²) in [7, 11) is 0. The van der Waals surface area contributed by atoms with Gasteiger partial charge in [-0.2, -0.15) is 13.2 Å². The van der Waals surface area contributed by atoms with Gasteiger partial charge in [0.25, 0.3) is 0 Å². The number of benzene rings is 1. The van der Waals surface area contributed by atoms with E-state index in [4.69, 9.17) is 5.73 Å². The van der Waals surface area contributed by atoms with Crippen molar-refractivity contribution in [2.75, 3.05) is 0 Å². The SMILES string of the molecule is CC1(C)CC1(N)c1cc(C(F)(F)F)ccc1F. The van der Waals surface area contributed by atoms with Gasteiger partial charge in [-0.1, -0.05) is 13.8 Å². The molecule has 17 heavy (non-hydrogen) atoms. The average molecular weight is 247 g/mol. The van der Waals surface area contributed by atoms with E-state index in [2.05, 4.69) is 0 Å². The highest BCUT2D eigenvalue weighted by Gasteiger charge is 2.60. The minimum atomic E-state index is -4.47. The van der Waals surface area contributed by atoms with E-state index >= 15 is 0 Å². The molecule has 2 N–H and O–H groups in total. The van der Waals surface area contributed by atoms with E-state index in [1.807, 2.05) is 13.8 Å². The Hall–Kier alpha value is -1.10. The summed E-state index contributed by atoms with van der Waals surface area (Å²) in [5.41, 5.74) is 3.70. The first-order valence-electron chi connectivity index (χ1n) is 5.24. The minimum Gasteiger partial charge on any atom is -0.321 e. The van der Waals surface area contributed by atoms with Crippen LogP contribution in [0.25, 0.3) is 0 Å². The van der Waals surface area contributed by atoms with Crippen LogP contribution in [0.4, 0.5) is 17.6 Å². The van der Waals surface area contributed by atoms with Crippen LogP contribution in [0.5, 0.6) is 0 Å². The molecule has 0 aliphatic heterocycles. The van der Waals surface area contributed by atoms with Crippen LogP contribution in [0.1, 0.15) is 31.4 Å². The number of hydrogen-bond donors (Lipinski definition) is 1. The van der Waals surface area contributed by atoms with Crippen molar-refractivity contribution >= 4 is 0 Å². The van der Waals surface area contributed by atoms with Crippen LogP contribution in [0.2, 0.25) is 0 Å². The molecular weight excluding hydrogens is 234 g/mol. The Labute approximate surface area is 96.6 Å². The van der Waals surface area contributed by atoms with Crippen molar-refractivity contribution in [3.63, 3.8) is 0 Å². The summed E-state index contributed by atoms with van der Waals surface area (Å²) in [4.78, 5) is 0. The molecule has 1 atom stereocenters. The fourth-order valence-corrected chi connectivity index (χ4v) is 2.16. The van der Waals surface area contributed by atoms with E-state index in [9.17, 15) is 17.6 Å². The van der Waals surface area contributed by atoms with Crippen LogP contribution in [0.3, 0.4) is 0 Å². The normalized spacial score (nSPS) is 27.0. The van der Waals surface area contributed by atoms with Gasteiger partial charge in [-0.25, -0.2) is 4.39 Å². The Kier molecular flexibility index (Phi) is 2.34. The molecule has 1 aliphatic rings. The molecule has 0 spiro atoms. The molecule has 0 radical (unpaired) electrons. The molecule has 2 rings (SSSR count). The molecule has 1 unspecified atom stereocenters. The maximum Gasteiger partial charge on any atom is 0.416 e. The van der Waals surface area contributed by atoms with Gasteiger partial charge in [-0.05, 0) is 30.0 Å². The number of halogens is 4. The highest BCUT2D eigenvalue weighted by molar-refractivity contribution is 5.39. The smallest absolute Gasteiger partial charge is 0.321 e. The lowest BCUT2D eigenvalue weighted by Gasteiger charge is -2.18. The Morgan fingerprint density at radius 1 is 1.24 bits per heavy atom. The van der Waals surface area contributed by atoms with E-state index in [1.54, 1.807) is 0 Å². The van der Waals surface area contributed by atoms with Crippen molar-refractivity contribution < 1.29 is 17.6 Å². The van der Waals surface area contributed by atoms with Gasteiger partial charge in [0.1, 0.15) is 5.82 Å². The van der Waals surface area contributed by atoms with Gasteiger partial charge in [-0.3, -0.25) is 0 Å². The first kappa shape index (κ1) is 12.4. The summed E-state index contributed by atoms with van der Waals surface area (Å²) in [6.07, 6.45) is -3.99. The van der Waals surface area contributed by atoms with E-state index < -0.39 is 23.1 Å². The van der Waals surface area contributed by atoms with Gasteiger partial charge in [0, 0.05) is 11.1 Å². The van der Waals surface area contributed by atoms with E-state index in [-0.39, 0.29) is 11.0 Å². The molecule has 1 fully saturated rings. The number of alkyl halides is 3. The highest BCUT2D eigenvalue weighted by atomic mass is 19.4. The zero-order chi connectivity index (χ0) is 13.1. The molecular formula is C12H13F4N. The zero-order valence-electron chi connectivity index (χ0n) is 9.53. The van der Waals surface area contributed by atoms with Gasteiger partial charge >= 0.3 is 6.18 Å². The van der Waals surface area contributed by atoms with Crippen LogP contribution in [0.15, 0.2) is 18.2 Å². The maximum atomic E-state index is 13.6. The topological polar surface area (TPSA) is 26.0 Å². The van der Waals surface area contributed by atoms with Gasteiger partial charge < -0.3 is 5.73 Å². The second kappa shape index (κ2) is 3.22. The summed E-state index contributed by atoms with van der Waals surface area (Å²) >= 11 is 0. The highest BCUT2D eigenvalue weighted by Crippen LogP contribution is 2.61. The summed E-state index contributed by atoms with van der Waals surface area (Å²) in [5, 5.41) is 0. The minimum absolute atomic E-state index is 0.0441. The van der Waals surface area contributed by atoms with Crippen LogP contribution < -0.4 is 5.73 Å². The second-order valence-electron chi connectivity index (χ2n) is 5.22. The van der Waals surface area contributed by atoms with Crippen molar-refractivity contribution in [2.24, 2.45) is 11.1 Å². The van der Waals surface area contributed by atoms with Gasteiger partial charge in [-0.15, -0.1) is 0 Å². The maximum absolute atomic E-state index is 13.6. The standard InChI is InChI=1S/C12H13F4N/c1-10(2)6-11(10,17)8-5-7(12(14,15)16)3-4-9(8)13/h3-5H,6,17H2,1-2H3. The first-order valence-corrected chi connectivity index (χ1v) is 5.24. The lowest BCUT2D eigenvalue weighted by molar-refractivity contribution is -0.137. The average Bonchev–Trinajstić information content (AvgIpc) is 2.65. The van der Waals surface area contributed by atoms with Crippen molar-refractivity contribution in [1.82, 2.24) is 0 Å². The molecule has 0 aromatic heterocycles. The third kappa shape index (κ3) is 1.82. The molecule has 1 aliphatic carbocycles. The fraction of sp³-hybridized carbons (Fsp3) is 0.500. The Balaban J connectivity index is 2.49. The third-order valence-corrected chi connectivity index (χ3v) is 3.58. The quantitative estimate of drug-likeness (QED) is 0.756. The summed E-state index contributed by atoms with van der Waals surface area (Å²) in [5.74, 6) is -0.675. The molecule has 0 saturated heterocycles. The number of hydrogen-bond acceptors (Lipinski definition) is 1. The monoisotopic (exact) mass is 247 g/mol. The van der Waals surface area contributed by atoms with Crippen LogP contribution in [-0.4, -0.2) is 0 Å². The van der Waals surface area contributed by atoms with E-state index in [1.165, 1.54) is 0 Å². The molecule has 0 amide bonds. The Morgan fingerprint density at radius 3 is 2.18 bits per heavy atom. The van der Waals surface area contributed by atoms with Gasteiger partial charge in [0.15, 0.2) is 0 Å². The van der Waals surface area contributed by atoms with E-state index in [0.29, 0.717) is 6.42 Å². The molecule has 1 aromatic rings. The lowest BCUT2D eigenvalue weighted by Crippen LogP contribution is -2.27. The predicted octanol–water partition coefficient (Wildman–Crippen LogP) is 3.43. The third-order valence-electron chi connectivity index (χ3n) is 3.58. The van der Waals surface area contributed by atoms with Crippen molar-refractivity contribution in [1.29, 1.82) is 0 Å². The molecule has 5 heteroatoms. The molecule has 1 aromatic carbocycles. The van der Waals surface area contributed by atoms with Gasteiger partial charge in [0.2, 0.25) is 0 Å². The molecule has 0 heterocycles. The molecule has 0 bridgehead atoms. The number of nitrogens with two attached hydrogens (primary N) is 1. The molecule has 1 nitrogen and oxygen atoms in total. The summed E-state index contributed by atoms with van der Waals surface area (Å²) in [6.45, 7) is 3.62. The molecule has 94 valence electrons. The fourth-order valence-electron chi connectivity index (χ4n) is 2.16. The van der Waals surface area contributed by atoms with Crippen molar-refractivity contribution in [2.45, 2.75) is 32.0 Å². The van der Waals surface area contributed by atoms with Crippen LogP contribution >= 0.6 is 0 Å². The summed E-state index contributed by atoms with van der Waals surface area (Å²) in [6, 6.07) is 2.39. The van der Waals surface area contributed by atoms with E-state index in [0.717, 1.165) is 18.2 Å². The lowest BCUT2D eigenvalue weighted by atomic mass is 9.95. The van der Waals surface area contributed by atoms with Crippen LogP contribution in [-0.2, 0) is 11.7 Å². The first-order chi connectivity index (χ1) is 7.58. The Morgan fingerprint density at radius 2 is 1.76 bits per heavy atom. The van der Waals surface area contributed by atoms with Crippen LogP contribution in [0, 0.1) is 11.2 Å². The number of rotatable bonds is 1. The van der Waals surface area contributed by atoms with Crippen molar-refractivity contribution in [3.05, 3.63) is 35.1 Å².